The molecule has 0 unspecified atom stereocenters. The number of benzene rings is 2. The van der Waals surface area contributed by atoms with Gasteiger partial charge in [0.15, 0.2) is 5.96 Å². The number of aliphatic imine (C=N–C) groups is 1. The molecular formula is C15H17BrIN3O. The highest BCUT2D eigenvalue weighted by Gasteiger charge is 1.95. The van der Waals surface area contributed by atoms with E-state index >= 15 is 0 Å². The Morgan fingerprint density at radius 2 is 1.90 bits per heavy atom. The summed E-state index contributed by atoms with van der Waals surface area (Å²) < 4.78 is 6.56. The summed E-state index contributed by atoms with van der Waals surface area (Å²) >= 11 is 3.39. The second-order valence-corrected chi connectivity index (χ2v) is 4.98. The summed E-state index contributed by atoms with van der Waals surface area (Å²) in [6, 6.07) is 17.4. The summed E-state index contributed by atoms with van der Waals surface area (Å²) in [6.45, 7) is 0.978. The maximum Gasteiger partial charge on any atom is 0.193 e. The molecule has 3 N–H and O–H groups in total. The van der Waals surface area contributed by atoms with E-state index in [0.29, 0.717) is 19.1 Å². The van der Waals surface area contributed by atoms with Crippen molar-refractivity contribution in [2.75, 3.05) is 18.5 Å². The topological polar surface area (TPSA) is 59.6 Å². The van der Waals surface area contributed by atoms with Crippen LogP contribution in [-0.2, 0) is 0 Å². The van der Waals surface area contributed by atoms with Crippen molar-refractivity contribution in [1.29, 1.82) is 0 Å². The lowest BCUT2D eigenvalue weighted by molar-refractivity contribution is 0.328. The van der Waals surface area contributed by atoms with Gasteiger partial charge in [-0.2, -0.15) is 0 Å². The first-order chi connectivity index (χ1) is 9.74. The lowest BCUT2D eigenvalue weighted by Crippen LogP contribution is -2.23. The Hall–Kier alpha value is -1.28. The van der Waals surface area contributed by atoms with Crippen LogP contribution in [0.15, 0.2) is 64.1 Å². The Bertz CT molecular complexity index is 578. The number of rotatable bonds is 5. The predicted molar refractivity (Wildman–Crippen MR) is 102 cm³/mol. The Labute approximate surface area is 149 Å². The number of nitrogens with two attached hydrogens (primary N) is 1. The number of ether oxygens (including phenoxy) is 1. The molecule has 0 aliphatic rings. The van der Waals surface area contributed by atoms with Crippen LogP contribution in [0.2, 0.25) is 0 Å². The van der Waals surface area contributed by atoms with E-state index in [1.807, 2.05) is 54.6 Å². The molecule has 4 nitrogen and oxygen atoms in total. The van der Waals surface area contributed by atoms with Gasteiger partial charge in [0.25, 0.3) is 0 Å². The van der Waals surface area contributed by atoms with Crippen molar-refractivity contribution >= 4 is 51.6 Å². The number of hydrogen-bond donors (Lipinski definition) is 2. The van der Waals surface area contributed by atoms with Gasteiger partial charge in [0.2, 0.25) is 0 Å². The smallest absolute Gasteiger partial charge is 0.193 e. The number of halogens is 2. The van der Waals surface area contributed by atoms with E-state index in [1.54, 1.807) is 0 Å². The number of anilines is 1. The summed E-state index contributed by atoms with van der Waals surface area (Å²) in [5, 5.41) is 3.01. The summed E-state index contributed by atoms with van der Waals surface area (Å²) in [6.07, 6.45) is 0. The molecule has 0 fully saturated rings. The molecule has 0 aliphatic carbocycles. The normalized spacial score (nSPS) is 10.6. The summed E-state index contributed by atoms with van der Waals surface area (Å²) in [5.41, 5.74) is 6.70. The molecule has 0 aliphatic heterocycles. The summed E-state index contributed by atoms with van der Waals surface area (Å²) in [7, 11) is 0. The van der Waals surface area contributed by atoms with Crippen LogP contribution < -0.4 is 15.8 Å². The standard InChI is InChI=1S/C15H16BrN3O.HI/c16-12-5-4-8-14(11-12)20-10-9-18-15(17)19-13-6-2-1-3-7-13;/h1-8,11H,9-10H2,(H3,17,18,19);1H. The lowest BCUT2D eigenvalue weighted by atomic mass is 10.3. The zero-order valence-electron chi connectivity index (χ0n) is 11.3. The highest BCUT2D eigenvalue weighted by Crippen LogP contribution is 2.17. The van der Waals surface area contributed by atoms with Crippen molar-refractivity contribution in [2.24, 2.45) is 10.7 Å². The molecule has 0 atom stereocenters. The van der Waals surface area contributed by atoms with Gasteiger partial charge in [-0.05, 0) is 30.3 Å². The SMILES string of the molecule is I.NC(=NCCOc1cccc(Br)c1)Nc1ccccc1. The largest absolute Gasteiger partial charge is 0.492 e. The van der Waals surface area contributed by atoms with Crippen LogP contribution in [0, 0.1) is 0 Å². The zero-order chi connectivity index (χ0) is 14.2. The average molecular weight is 462 g/mol. The Kier molecular flexibility index (Phi) is 8.14. The van der Waals surface area contributed by atoms with E-state index in [1.165, 1.54) is 0 Å². The monoisotopic (exact) mass is 461 g/mol. The lowest BCUT2D eigenvalue weighted by Gasteiger charge is -2.06. The fraction of sp³-hybridized carbons (Fsp3) is 0.133. The number of nitrogens with one attached hydrogen (secondary N) is 1. The minimum atomic E-state index is 0. The Morgan fingerprint density at radius 3 is 2.62 bits per heavy atom. The van der Waals surface area contributed by atoms with Crippen LogP contribution in [0.1, 0.15) is 0 Å². The predicted octanol–water partition coefficient (Wildman–Crippen LogP) is 3.87. The van der Waals surface area contributed by atoms with Crippen molar-refractivity contribution in [3.8, 4) is 5.75 Å². The number of guanidine groups is 1. The third-order valence-corrected chi connectivity index (χ3v) is 2.98. The second kappa shape index (κ2) is 9.62. The first kappa shape index (κ1) is 17.8. The molecular weight excluding hydrogens is 445 g/mol. The van der Waals surface area contributed by atoms with E-state index in [0.717, 1.165) is 15.9 Å². The van der Waals surface area contributed by atoms with Gasteiger partial charge in [0.05, 0.1) is 6.54 Å². The van der Waals surface area contributed by atoms with Crippen molar-refractivity contribution in [3.63, 3.8) is 0 Å². The zero-order valence-corrected chi connectivity index (χ0v) is 15.2. The van der Waals surface area contributed by atoms with Crippen LogP contribution in [-0.4, -0.2) is 19.1 Å². The summed E-state index contributed by atoms with van der Waals surface area (Å²) in [4.78, 5) is 4.20. The van der Waals surface area contributed by atoms with E-state index in [2.05, 4.69) is 26.2 Å². The van der Waals surface area contributed by atoms with Gasteiger partial charge >= 0.3 is 0 Å². The van der Waals surface area contributed by atoms with Crippen molar-refractivity contribution < 1.29 is 4.74 Å². The molecule has 0 saturated heterocycles. The number of nitrogens with zero attached hydrogens (tertiary/aromatic N) is 1. The molecule has 0 bridgehead atoms. The van der Waals surface area contributed by atoms with Crippen molar-refractivity contribution in [1.82, 2.24) is 0 Å². The highest BCUT2D eigenvalue weighted by atomic mass is 127. The molecule has 0 heterocycles. The quantitative estimate of drug-likeness (QED) is 0.307. The first-order valence-electron chi connectivity index (χ1n) is 6.24. The van der Waals surface area contributed by atoms with Crippen LogP contribution in [0.25, 0.3) is 0 Å². The average Bonchev–Trinajstić information content (AvgIpc) is 2.45. The van der Waals surface area contributed by atoms with Crippen LogP contribution in [0.4, 0.5) is 5.69 Å². The summed E-state index contributed by atoms with van der Waals surface area (Å²) in [5.74, 6) is 1.19. The van der Waals surface area contributed by atoms with Gasteiger partial charge in [-0.1, -0.05) is 40.2 Å². The molecule has 2 aromatic carbocycles. The van der Waals surface area contributed by atoms with E-state index < -0.39 is 0 Å². The molecule has 0 saturated carbocycles. The van der Waals surface area contributed by atoms with E-state index in [4.69, 9.17) is 10.5 Å². The van der Waals surface area contributed by atoms with Gasteiger partial charge in [-0.25, -0.2) is 4.99 Å². The Balaban J connectivity index is 0.00000220. The fourth-order valence-electron chi connectivity index (χ4n) is 1.60. The molecule has 0 aromatic heterocycles. The minimum Gasteiger partial charge on any atom is -0.492 e. The van der Waals surface area contributed by atoms with E-state index in [9.17, 15) is 0 Å². The van der Waals surface area contributed by atoms with Gasteiger partial charge < -0.3 is 15.8 Å². The molecule has 0 radical (unpaired) electrons. The Morgan fingerprint density at radius 1 is 1.14 bits per heavy atom. The third-order valence-electron chi connectivity index (χ3n) is 2.48. The van der Waals surface area contributed by atoms with Gasteiger partial charge in [0, 0.05) is 10.2 Å². The van der Waals surface area contributed by atoms with Crippen LogP contribution >= 0.6 is 39.9 Å². The van der Waals surface area contributed by atoms with Gasteiger partial charge in [-0.15, -0.1) is 24.0 Å². The maximum atomic E-state index is 5.79. The molecule has 0 spiro atoms. The van der Waals surface area contributed by atoms with Crippen molar-refractivity contribution in [3.05, 3.63) is 59.1 Å². The molecule has 2 rings (SSSR count). The molecule has 21 heavy (non-hydrogen) atoms. The number of para-hydroxylation sites is 1. The van der Waals surface area contributed by atoms with Gasteiger partial charge in [0.1, 0.15) is 12.4 Å². The van der Waals surface area contributed by atoms with Crippen LogP contribution in [0.5, 0.6) is 5.75 Å². The number of hydrogen-bond acceptors (Lipinski definition) is 2. The molecule has 6 heteroatoms. The third kappa shape index (κ3) is 6.81. The van der Waals surface area contributed by atoms with E-state index in [-0.39, 0.29) is 24.0 Å². The maximum absolute atomic E-state index is 5.79. The fourth-order valence-corrected chi connectivity index (χ4v) is 1.97. The second-order valence-electron chi connectivity index (χ2n) is 4.06. The highest BCUT2D eigenvalue weighted by molar-refractivity contribution is 14.0. The van der Waals surface area contributed by atoms with Crippen molar-refractivity contribution in [2.45, 2.75) is 0 Å². The molecule has 2 aromatic rings. The van der Waals surface area contributed by atoms with Gasteiger partial charge in [-0.3, -0.25) is 0 Å². The first-order valence-corrected chi connectivity index (χ1v) is 7.04. The minimum absolute atomic E-state index is 0. The molecule has 112 valence electrons. The molecule has 0 amide bonds. The van der Waals surface area contributed by atoms with Crippen LogP contribution in [0.3, 0.4) is 0 Å².